The Morgan fingerprint density at radius 1 is 1.77 bits per heavy atom. The van der Waals surface area contributed by atoms with Gasteiger partial charge in [0.25, 0.3) is 0 Å². The van der Waals surface area contributed by atoms with Gasteiger partial charge in [-0.15, -0.1) is 0 Å². The number of carbonyl (C=O) groups is 1. The van der Waals surface area contributed by atoms with Crippen LogP contribution in [-0.2, 0) is 0 Å². The second-order valence-electron chi connectivity index (χ2n) is 2.49. The van der Waals surface area contributed by atoms with Crippen molar-refractivity contribution >= 4 is 11.8 Å². The molecule has 0 aliphatic heterocycles. The van der Waals surface area contributed by atoms with Crippen LogP contribution in [0, 0.1) is 6.92 Å². The predicted molar refractivity (Wildman–Crippen MR) is 47.3 cm³/mol. The van der Waals surface area contributed by atoms with Crippen molar-refractivity contribution in [3.8, 4) is 0 Å². The van der Waals surface area contributed by atoms with Gasteiger partial charge in [-0.3, -0.25) is 5.32 Å². The summed E-state index contributed by atoms with van der Waals surface area (Å²) in [6.45, 7) is 2.59. The minimum atomic E-state index is -0.334. The van der Waals surface area contributed by atoms with E-state index in [0.29, 0.717) is 24.7 Å². The fraction of sp³-hybridized carbons (Fsp3) is 0.429. The molecule has 1 aromatic heterocycles. The number of urea groups is 1. The SMILES string of the molecule is Cc1cc(NC(=O)NCCN)no1. The van der Waals surface area contributed by atoms with Crippen molar-refractivity contribution in [3.63, 3.8) is 0 Å². The van der Waals surface area contributed by atoms with Crippen molar-refractivity contribution in [2.75, 3.05) is 18.4 Å². The van der Waals surface area contributed by atoms with Crippen LogP contribution in [0.1, 0.15) is 5.76 Å². The number of nitrogens with one attached hydrogen (secondary N) is 2. The van der Waals surface area contributed by atoms with Crippen molar-refractivity contribution in [2.24, 2.45) is 5.73 Å². The van der Waals surface area contributed by atoms with E-state index in [1.54, 1.807) is 13.0 Å². The fourth-order valence-electron chi connectivity index (χ4n) is 0.772. The molecular formula is C7H12N4O2. The molecule has 2 amide bonds. The lowest BCUT2D eigenvalue weighted by Crippen LogP contribution is -2.32. The highest BCUT2D eigenvalue weighted by atomic mass is 16.5. The van der Waals surface area contributed by atoms with Crippen LogP contribution in [0.5, 0.6) is 0 Å². The first kappa shape index (κ1) is 9.53. The van der Waals surface area contributed by atoms with E-state index in [1.165, 1.54) is 0 Å². The zero-order valence-electron chi connectivity index (χ0n) is 7.33. The molecule has 4 N–H and O–H groups in total. The molecule has 0 aromatic carbocycles. The van der Waals surface area contributed by atoms with Crippen LogP contribution in [0.3, 0.4) is 0 Å². The summed E-state index contributed by atoms with van der Waals surface area (Å²) in [7, 11) is 0. The molecule has 0 radical (unpaired) electrons. The molecule has 0 aliphatic rings. The molecule has 0 unspecified atom stereocenters. The van der Waals surface area contributed by atoms with Crippen LogP contribution in [0.2, 0.25) is 0 Å². The van der Waals surface area contributed by atoms with Crippen molar-refractivity contribution in [1.29, 1.82) is 0 Å². The lowest BCUT2D eigenvalue weighted by atomic mass is 10.5. The monoisotopic (exact) mass is 184 g/mol. The number of anilines is 1. The summed E-state index contributed by atoms with van der Waals surface area (Å²) in [5.74, 6) is 1.04. The summed E-state index contributed by atoms with van der Waals surface area (Å²) < 4.78 is 4.75. The Hall–Kier alpha value is -1.56. The van der Waals surface area contributed by atoms with Gasteiger partial charge < -0.3 is 15.6 Å². The molecule has 6 heteroatoms. The molecule has 1 rings (SSSR count). The Morgan fingerprint density at radius 2 is 2.54 bits per heavy atom. The zero-order valence-corrected chi connectivity index (χ0v) is 7.33. The third kappa shape index (κ3) is 3.12. The second kappa shape index (κ2) is 4.46. The number of carbonyl (C=O) groups excluding carboxylic acids is 1. The minimum Gasteiger partial charge on any atom is -0.360 e. The van der Waals surface area contributed by atoms with Crippen LogP contribution in [0.4, 0.5) is 10.6 Å². The number of amides is 2. The number of hydrogen-bond donors (Lipinski definition) is 3. The summed E-state index contributed by atoms with van der Waals surface area (Å²) in [5, 5.41) is 8.61. The van der Waals surface area contributed by atoms with E-state index in [2.05, 4.69) is 15.8 Å². The molecule has 0 bridgehead atoms. The molecule has 0 saturated carbocycles. The number of aryl methyl sites for hydroxylation is 1. The van der Waals surface area contributed by atoms with E-state index in [-0.39, 0.29) is 6.03 Å². The van der Waals surface area contributed by atoms with E-state index in [0.717, 1.165) is 0 Å². The van der Waals surface area contributed by atoms with Gasteiger partial charge in [0.2, 0.25) is 0 Å². The Morgan fingerprint density at radius 3 is 3.08 bits per heavy atom. The molecule has 0 atom stereocenters. The molecule has 0 aliphatic carbocycles. The minimum absolute atomic E-state index is 0.334. The average molecular weight is 184 g/mol. The number of hydrogen-bond acceptors (Lipinski definition) is 4. The third-order valence-electron chi connectivity index (χ3n) is 1.30. The van der Waals surface area contributed by atoms with Gasteiger partial charge in [-0.25, -0.2) is 4.79 Å². The molecule has 0 fully saturated rings. The van der Waals surface area contributed by atoms with Gasteiger partial charge in [0, 0.05) is 19.2 Å². The molecule has 0 saturated heterocycles. The van der Waals surface area contributed by atoms with Crippen molar-refractivity contribution in [1.82, 2.24) is 10.5 Å². The van der Waals surface area contributed by atoms with Gasteiger partial charge >= 0.3 is 6.03 Å². The van der Waals surface area contributed by atoms with E-state index in [4.69, 9.17) is 10.3 Å². The van der Waals surface area contributed by atoms with Gasteiger partial charge in [-0.05, 0) is 6.92 Å². The van der Waals surface area contributed by atoms with Crippen LogP contribution in [-0.4, -0.2) is 24.3 Å². The fourth-order valence-corrected chi connectivity index (χ4v) is 0.772. The van der Waals surface area contributed by atoms with Gasteiger partial charge in [0.05, 0.1) is 0 Å². The highest BCUT2D eigenvalue weighted by Crippen LogP contribution is 2.05. The summed E-state index contributed by atoms with van der Waals surface area (Å²) in [6.07, 6.45) is 0. The van der Waals surface area contributed by atoms with Gasteiger partial charge in [0.1, 0.15) is 5.76 Å². The Bertz CT molecular complexity index is 284. The lowest BCUT2D eigenvalue weighted by molar-refractivity contribution is 0.252. The summed E-state index contributed by atoms with van der Waals surface area (Å²) in [5.41, 5.74) is 5.20. The van der Waals surface area contributed by atoms with E-state index < -0.39 is 0 Å². The summed E-state index contributed by atoms with van der Waals surface area (Å²) in [6, 6.07) is 1.29. The van der Waals surface area contributed by atoms with Gasteiger partial charge in [-0.1, -0.05) is 5.16 Å². The molecule has 6 nitrogen and oxygen atoms in total. The Labute approximate surface area is 75.5 Å². The Kier molecular flexibility index (Phi) is 3.27. The Balaban J connectivity index is 2.36. The molecular weight excluding hydrogens is 172 g/mol. The van der Waals surface area contributed by atoms with Gasteiger partial charge in [0.15, 0.2) is 5.82 Å². The lowest BCUT2D eigenvalue weighted by Gasteiger charge is -2.01. The number of aromatic nitrogens is 1. The third-order valence-corrected chi connectivity index (χ3v) is 1.30. The topological polar surface area (TPSA) is 93.2 Å². The van der Waals surface area contributed by atoms with Crippen molar-refractivity contribution < 1.29 is 9.32 Å². The van der Waals surface area contributed by atoms with Crippen LogP contribution in [0.25, 0.3) is 0 Å². The summed E-state index contributed by atoms with van der Waals surface area (Å²) >= 11 is 0. The van der Waals surface area contributed by atoms with Crippen LogP contribution >= 0.6 is 0 Å². The largest absolute Gasteiger partial charge is 0.360 e. The maximum absolute atomic E-state index is 11.0. The average Bonchev–Trinajstić information content (AvgIpc) is 2.48. The maximum Gasteiger partial charge on any atom is 0.320 e. The normalized spacial score (nSPS) is 9.69. The van der Waals surface area contributed by atoms with E-state index in [1.807, 2.05) is 0 Å². The molecule has 1 heterocycles. The summed E-state index contributed by atoms with van der Waals surface area (Å²) in [4.78, 5) is 11.0. The zero-order chi connectivity index (χ0) is 9.68. The smallest absolute Gasteiger partial charge is 0.320 e. The van der Waals surface area contributed by atoms with Crippen molar-refractivity contribution in [2.45, 2.75) is 6.92 Å². The first-order valence-electron chi connectivity index (χ1n) is 3.90. The van der Waals surface area contributed by atoms with E-state index in [9.17, 15) is 4.79 Å². The van der Waals surface area contributed by atoms with Crippen LogP contribution in [0.15, 0.2) is 10.6 Å². The maximum atomic E-state index is 11.0. The van der Waals surface area contributed by atoms with Gasteiger partial charge in [-0.2, -0.15) is 0 Å². The molecule has 72 valence electrons. The second-order valence-corrected chi connectivity index (χ2v) is 2.49. The van der Waals surface area contributed by atoms with Crippen LogP contribution < -0.4 is 16.4 Å². The first-order chi connectivity index (χ1) is 6.22. The standard InChI is InChI=1S/C7H12N4O2/c1-5-4-6(11-13-5)10-7(12)9-3-2-8/h4H,2-3,8H2,1H3,(H2,9,10,11,12). The van der Waals surface area contributed by atoms with Crippen molar-refractivity contribution in [3.05, 3.63) is 11.8 Å². The quantitative estimate of drug-likeness (QED) is 0.619. The highest BCUT2D eigenvalue weighted by Gasteiger charge is 2.03. The number of rotatable bonds is 3. The predicted octanol–water partition coefficient (Wildman–Crippen LogP) is 0.0632. The molecule has 13 heavy (non-hydrogen) atoms. The molecule has 0 spiro atoms. The highest BCUT2D eigenvalue weighted by molar-refractivity contribution is 5.88. The first-order valence-corrected chi connectivity index (χ1v) is 3.90. The molecule has 1 aromatic rings. The number of nitrogens with two attached hydrogens (primary N) is 1. The van der Waals surface area contributed by atoms with E-state index >= 15 is 0 Å². The number of nitrogens with zero attached hydrogens (tertiary/aromatic N) is 1.